The van der Waals surface area contributed by atoms with Crippen molar-refractivity contribution in [3.8, 4) is 0 Å². The largest absolute Gasteiger partial charge is 0.350 e. The van der Waals surface area contributed by atoms with E-state index in [0.29, 0.717) is 13.1 Å². The van der Waals surface area contributed by atoms with Crippen LogP contribution in [0.5, 0.6) is 0 Å². The summed E-state index contributed by atoms with van der Waals surface area (Å²) in [7, 11) is 12.4. The van der Waals surface area contributed by atoms with Gasteiger partial charge in [0.1, 0.15) is 6.42 Å². The van der Waals surface area contributed by atoms with Gasteiger partial charge in [-0.05, 0) is 0 Å². The Kier molecular flexibility index (Phi) is 7.00. The number of rotatable bonds is 8. The second-order valence-electron chi connectivity index (χ2n) is 6.90. The lowest BCUT2D eigenvalue weighted by molar-refractivity contribution is -0.869. The van der Waals surface area contributed by atoms with Crippen molar-refractivity contribution in [3.63, 3.8) is 0 Å². The minimum absolute atomic E-state index is 0.0890. The molecule has 0 fully saturated rings. The van der Waals surface area contributed by atoms with E-state index in [-0.39, 0.29) is 18.2 Å². The van der Waals surface area contributed by atoms with Crippen LogP contribution < -0.4 is 10.6 Å². The first-order chi connectivity index (χ1) is 8.49. The average Bonchev–Trinajstić information content (AvgIpc) is 2.12. The van der Waals surface area contributed by atoms with E-state index in [1.165, 1.54) is 0 Å². The first-order valence-electron chi connectivity index (χ1n) is 6.64. The lowest BCUT2D eigenvalue weighted by Gasteiger charge is -2.24. The second-order valence-corrected chi connectivity index (χ2v) is 6.90. The molecule has 0 atom stereocenters. The number of quaternary nitrogens is 2. The van der Waals surface area contributed by atoms with Crippen LogP contribution in [0.4, 0.5) is 0 Å². The van der Waals surface area contributed by atoms with Gasteiger partial charge in [0.05, 0.1) is 68.5 Å². The van der Waals surface area contributed by atoms with Crippen LogP contribution in [0.25, 0.3) is 0 Å². The Morgan fingerprint density at radius 1 is 0.737 bits per heavy atom. The van der Waals surface area contributed by atoms with E-state index in [9.17, 15) is 9.59 Å². The van der Waals surface area contributed by atoms with Crippen molar-refractivity contribution >= 4 is 11.8 Å². The molecule has 0 rings (SSSR count). The quantitative estimate of drug-likeness (QED) is 0.442. The van der Waals surface area contributed by atoms with Gasteiger partial charge in [-0.1, -0.05) is 0 Å². The van der Waals surface area contributed by atoms with E-state index in [1.54, 1.807) is 0 Å². The van der Waals surface area contributed by atoms with E-state index in [2.05, 4.69) is 52.9 Å². The van der Waals surface area contributed by atoms with E-state index in [4.69, 9.17) is 0 Å². The molecule has 0 radical (unpaired) electrons. The summed E-state index contributed by atoms with van der Waals surface area (Å²) in [4.78, 5) is 23.0. The average molecular weight is 274 g/mol. The van der Waals surface area contributed by atoms with Gasteiger partial charge in [-0.25, -0.2) is 0 Å². The van der Waals surface area contributed by atoms with Crippen LogP contribution >= 0.6 is 0 Å². The van der Waals surface area contributed by atoms with Crippen molar-refractivity contribution in [1.29, 1.82) is 0 Å². The summed E-state index contributed by atoms with van der Waals surface area (Å²) in [5, 5.41) is 5.51. The van der Waals surface area contributed by atoms with Crippen molar-refractivity contribution in [2.45, 2.75) is 6.42 Å². The smallest absolute Gasteiger partial charge is 0.229 e. The fraction of sp³-hybridized carbons (Fsp3) is 0.846. The highest BCUT2D eigenvalue weighted by molar-refractivity contribution is 5.96. The van der Waals surface area contributed by atoms with Gasteiger partial charge >= 0.3 is 0 Å². The molecule has 0 aromatic heterocycles. The van der Waals surface area contributed by atoms with Crippen molar-refractivity contribution in [3.05, 3.63) is 0 Å². The van der Waals surface area contributed by atoms with Crippen LogP contribution in [0.2, 0.25) is 0 Å². The molecule has 0 aliphatic carbocycles. The van der Waals surface area contributed by atoms with E-state index in [0.717, 1.165) is 22.1 Å². The molecule has 0 saturated heterocycles. The lowest BCUT2D eigenvalue weighted by atomic mass is 10.3. The molecule has 0 aliphatic heterocycles. The number of carbonyl (C=O) groups excluding carboxylic acids is 2. The molecule has 2 amide bonds. The highest BCUT2D eigenvalue weighted by Crippen LogP contribution is 1.89. The molecule has 0 saturated carbocycles. The normalized spacial score (nSPS) is 12.1. The maximum absolute atomic E-state index is 11.5. The summed E-state index contributed by atoms with van der Waals surface area (Å²) in [6.07, 6.45) is -0.0890. The van der Waals surface area contributed by atoms with Crippen LogP contribution in [0.1, 0.15) is 6.42 Å². The molecule has 0 spiro atoms. The maximum atomic E-state index is 11.5. The van der Waals surface area contributed by atoms with Crippen LogP contribution in [0.3, 0.4) is 0 Å². The third-order valence-corrected chi connectivity index (χ3v) is 2.53. The molecule has 0 heterocycles. The maximum Gasteiger partial charge on any atom is 0.229 e. The molecule has 0 aromatic rings. The van der Waals surface area contributed by atoms with E-state index in [1.807, 2.05) is 0 Å². The Labute approximate surface area is 116 Å². The lowest BCUT2D eigenvalue weighted by Crippen LogP contribution is -2.44. The molecule has 112 valence electrons. The first-order valence-corrected chi connectivity index (χ1v) is 6.64. The topological polar surface area (TPSA) is 58.2 Å². The summed E-state index contributed by atoms with van der Waals surface area (Å²) in [6.45, 7) is 2.87. The highest BCUT2D eigenvalue weighted by atomic mass is 16.2. The summed E-state index contributed by atoms with van der Waals surface area (Å²) in [5.41, 5.74) is 0. The van der Waals surface area contributed by atoms with Crippen LogP contribution in [0, 0.1) is 0 Å². The minimum atomic E-state index is -0.212. The number of hydrogen-bond donors (Lipinski definition) is 2. The Bertz CT molecular complexity index is 273. The Morgan fingerprint density at radius 2 is 1.05 bits per heavy atom. The highest BCUT2D eigenvalue weighted by Gasteiger charge is 2.12. The number of nitrogens with one attached hydrogen (secondary N) is 2. The number of amides is 2. The molecule has 2 N–H and O–H groups in total. The van der Waals surface area contributed by atoms with Gasteiger partial charge in [0.25, 0.3) is 0 Å². The predicted molar refractivity (Wildman–Crippen MR) is 76.4 cm³/mol. The van der Waals surface area contributed by atoms with Gasteiger partial charge in [0.2, 0.25) is 11.8 Å². The fourth-order valence-electron chi connectivity index (χ4n) is 1.33. The zero-order valence-corrected chi connectivity index (χ0v) is 13.2. The van der Waals surface area contributed by atoms with E-state index >= 15 is 0 Å². The Morgan fingerprint density at radius 3 is 1.32 bits per heavy atom. The molecule has 0 unspecified atom stereocenters. The zero-order chi connectivity index (χ0) is 15.1. The third kappa shape index (κ3) is 13.1. The predicted octanol–water partition coefficient (Wildman–Crippen LogP) is -0.979. The standard InChI is InChI=1S/C13H28N4O2/c1-16(2,3)9-7-14-12(18)11-13(19)15-8-10-17(4,5)6/h7-11H2,1-6H3/p+2. The van der Waals surface area contributed by atoms with Crippen LogP contribution in [-0.4, -0.2) is 89.2 Å². The molecule has 6 heteroatoms. The van der Waals surface area contributed by atoms with Crippen LogP contribution in [-0.2, 0) is 9.59 Å². The molecule has 0 aromatic carbocycles. The molecule has 6 nitrogen and oxygen atoms in total. The molecular formula is C13H30N4O2+2. The summed E-state index contributed by atoms with van der Waals surface area (Å²) < 4.78 is 1.58. The van der Waals surface area contributed by atoms with Gasteiger partial charge in [-0.3, -0.25) is 9.59 Å². The second kappa shape index (κ2) is 7.45. The molecule has 19 heavy (non-hydrogen) atoms. The minimum Gasteiger partial charge on any atom is -0.350 e. The van der Waals surface area contributed by atoms with Gasteiger partial charge in [-0.2, -0.15) is 0 Å². The van der Waals surface area contributed by atoms with Crippen molar-refractivity contribution in [1.82, 2.24) is 10.6 Å². The zero-order valence-electron chi connectivity index (χ0n) is 13.2. The Hall–Kier alpha value is -1.14. The molecule has 0 bridgehead atoms. The number of nitrogens with zero attached hydrogens (tertiary/aromatic N) is 2. The molecular weight excluding hydrogens is 244 g/mol. The monoisotopic (exact) mass is 274 g/mol. The number of carbonyl (C=O) groups is 2. The fourth-order valence-corrected chi connectivity index (χ4v) is 1.33. The summed E-state index contributed by atoms with van der Waals surface area (Å²) in [5.74, 6) is -0.424. The van der Waals surface area contributed by atoms with E-state index < -0.39 is 0 Å². The Balaban J connectivity index is 3.73. The summed E-state index contributed by atoms with van der Waals surface area (Å²) in [6, 6.07) is 0. The van der Waals surface area contributed by atoms with Crippen molar-refractivity contribution in [2.75, 3.05) is 68.5 Å². The van der Waals surface area contributed by atoms with Crippen molar-refractivity contribution < 1.29 is 18.6 Å². The number of likely N-dealkylation sites (N-methyl/N-ethyl adjacent to an activating group) is 2. The van der Waals surface area contributed by atoms with Gasteiger partial charge in [0, 0.05) is 0 Å². The summed E-state index contributed by atoms with van der Waals surface area (Å²) >= 11 is 0. The third-order valence-electron chi connectivity index (χ3n) is 2.53. The SMILES string of the molecule is C[N+](C)(C)CCNC(=O)CC(=O)NCC[N+](C)(C)C. The molecule has 0 aliphatic rings. The van der Waals surface area contributed by atoms with Gasteiger partial charge < -0.3 is 19.6 Å². The number of hydrogen-bond acceptors (Lipinski definition) is 2. The van der Waals surface area contributed by atoms with Gasteiger partial charge in [0.15, 0.2) is 0 Å². The van der Waals surface area contributed by atoms with Gasteiger partial charge in [-0.15, -0.1) is 0 Å². The van der Waals surface area contributed by atoms with Crippen LogP contribution in [0.15, 0.2) is 0 Å². The van der Waals surface area contributed by atoms with Crippen molar-refractivity contribution in [2.24, 2.45) is 0 Å². The first kappa shape index (κ1) is 17.9.